The molecule has 1 fully saturated rings. The first-order chi connectivity index (χ1) is 8.03. The van der Waals surface area contributed by atoms with E-state index in [1.807, 2.05) is 6.20 Å². The van der Waals surface area contributed by atoms with Crippen molar-refractivity contribution in [2.75, 3.05) is 0 Å². The van der Waals surface area contributed by atoms with E-state index in [0.29, 0.717) is 19.1 Å². The average Bonchev–Trinajstić information content (AvgIpc) is 2.95. The van der Waals surface area contributed by atoms with Gasteiger partial charge in [0.05, 0.1) is 12.0 Å². The smallest absolute Gasteiger partial charge is 0.337 e. The van der Waals surface area contributed by atoms with E-state index in [0.717, 1.165) is 5.69 Å². The SMILES string of the molecule is FC(F)(F)CCCn1cnc(CNC2CC2)c1. The summed E-state index contributed by atoms with van der Waals surface area (Å²) in [6.07, 6.45) is 1.15. The Labute approximate surface area is 98.0 Å². The van der Waals surface area contributed by atoms with Crippen LogP contribution >= 0.6 is 0 Å². The van der Waals surface area contributed by atoms with Crippen molar-refractivity contribution in [3.05, 3.63) is 18.2 Å². The first-order valence-corrected chi connectivity index (χ1v) is 5.84. The molecule has 0 atom stereocenters. The van der Waals surface area contributed by atoms with Crippen LogP contribution in [0.5, 0.6) is 0 Å². The first kappa shape index (κ1) is 12.4. The van der Waals surface area contributed by atoms with E-state index in [9.17, 15) is 13.2 Å². The molecule has 0 bridgehead atoms. The Morgan fingerprint density at radius 2 is 2.18 bits per heavy atom. The van der Waals surface area contributed by atoms with Gasteiger partial charge in [-0.15, -0.1) is 0 Å². The number of aromatic nitrogens is 2. The number of aryl methyl sites for hydroxylation is 1. The molecular weight excluding hydrogens is 231 g/mol. The van der Waals surface area contributed by atoms with Crippen molar-refractivity contribution in [2.45, 2.75) is 51.0 Å². The molecule has 2 rings (SSSR count). The highest BCUT2D eigenvalue weighted by Crippen LogP contribution is 2.21. The number of imidazole rings is 1. The Morgan fingerprint density at radius 3 is 2.82 bits per heavy atom. The van der Waals surface area contributed by atoms with Crippen LogP contribution in [0.4, 0.5) is 13.2 Å². The number of rotatable bonds is 6. The third-order valence-electron chi connectivity index (χ3n) is 2.71. The largest absolute Gasteiger partial charge is 0.389 e. The molecule has 6 heteroatoms. The van der Waals surface area contributed by atoms with E-state index in [2.05, 4.69) is 10.3 Å². The minimum absolute atomic E-state index is 0.107. The Balaban J connectivity index is 1.69. The van der Waals surface area contributed by atoms with Crippen LogP contribution in [0.1, 0.15) is 31.4 Å². The summed E-state index contributed by atoms with van der Waals surface area (Å²) >= 11 is 0. The van der Waals surface area contributed by atoms with Crippen molar-refractivity contribution in [3.63, 3.8) is 0 Å². The maximum Gasteiger partial charge on any atom is 0.389 e. The van der Waals surface area contributed by atoms with E-state index < -0.39 is 12.6 Å². The number of hydrogen-bond acceptors (Lipinski definition) is 2. The average molecular weight is 247 g/mol. The van der Waals surface area contributed by atoms with Gasteiger partial charge in [0, 0.05) is 31.7 Å². The molecule has 1 aliphatic rings. The van der Waals surface area contributed by atoms with Gasteiger partial charge in [0.25, 0.3) is 0 Å². The Morgan fingerprint density at radius 1 is 1.41 bits per heavy atom. The lowest BCUT2D eigenvalue weighted by Crippen LogP contribution is -2.15. The van der Waals surface area contributed by atoms with Crippen molar-refractivity contribution in [1.29, 1.82) is 0 Å². The molecule has 1 heterocycles. The standard InChI is InChI=1S/C11H16F3N3/c12-11(13,14)4-1-5-17-7-10(16-8-17)6-15-9-2-3-9/h7-9,15H,1-6H2. The molecule has 17 heavy (non-hydrogen) atoms. The fraction of sp³-hybridized carbons (Fsp3) is 0.727. The predicted molar refractivity (Wildman–Crippen MR) is 57.4 cm³/mol. The van der Waals surface area contributed by atoms with Crippen LogP contribution in [0.3, 0.4) is 0 Å². The Kier molecular flexibility index (Phi) is 3.71. The first-order valence-electron chi connectivity index (χ1n) is 5.84. The fourth-order valence-electron chi connectivity index (χ4n) is 1.62. The van der Waals surface area contributed by atoms with Gasteiger partial charge in [-0.25, -0.2) is 4.98 Å². The molecular formula is C11H16F3N3. The van der Waals surface area contributed by atoms with Gasteiger partial charge in [-0.1, -0.05) is 0 Å². The minimum atomic E-state index is -4.06. The molecule has 96 valence electrons. The normalized spacial score (nSPS) is 16.4. The highest BCUT2D eigenvalue weighted by Gasteiger charge is 2.26. The van der Waals surface area contributed by atoms with E-state index in [1.54, 1.807) is 10.9 Å². The van der Waals surface area contributed by atoms with Gasteiger partial charge in [-0.05, 0) is 19.3 Å². The van der Waals surface area contributed by atoms with Crippen LogP contribution < -0.4 is 5.32 Å². The Bertz CT molecular complexity index is 355. The molecule has 0 aliphatic heterocycles. The van der Waals surface area contributed by atoms with Gasteiger partial charge in [0.15, 0.2) is 0 Å². The van der Waals surface area contributed by atoms with E-state index in [1.165, 1.54) is 12.8 Å². The minimum Gasteiger partial charge on any atom is -0.337 e. The second-order valence-corrected chi connectivity index (χ2v) is 4.48. The third-order valence-corrected chi connectivity index (χ3v) is 2.71. The summed E-state index contributed by atoms with van der Waals surface area (Å²) in [6, 6.07) is 0.616. The summed E-state index contributed by atoms with van der Waals surface area (Å²) in [4.78, 5) is 4.15. The topological polar surface area (TPSA) is 29.9 Å². The third kappa shape index (κ3) is 4.77. The molecule has 1 saturated carbocycles. The maximum atomic E-state index is 11.9. The van der Waals surface area contributed by atoms with Crippen molar-refractivity contribution in [2.24, 2.45) is 0 Å². The Hall–Kier alpha value is -1.04. The van der Waals surface area contributed by atoms with Crippen molar-refractivity contribution in [3.8, 4) is 0 Å². The summed E-state index contributed by atoms with van der Waals surface area (Å²) in [5, 5.41) is 3.31. The van der Waals surface area contributed by atoms with E-state index in [-0.39, 0.29) is 6.42 Å². The van der Waals surface area contributed by atoms with Gasteiger partial charge in [0.1, 0.15) is 0 Å². The molecule has 0 aromatic carbocycles. The highest BCUT2D eigenvalue weighted by molar-refractivity contribution is 4.97. The van der Waals surface area contributed by atoms with Crippen LogP contribution in [0, 0.1) is 0 Å². The van der Waals surface area contributed by atoms with Gasteiger partial charge in [0.2, 0.25) is 0 Å². The van der Waals surface area contributed by atoms with Gasteiger partial charge >= 0.3 is 6.18 Å². The van der Waals surface area contributed by atoms with Gasteiger partial charge in [-0.3, -0.25) is 0 Å². The van der Waals surface area contributed by atoms with E-state index >= 15 is 0 Å². The van der Waals surface area contributed by atoms with Gasteiger partial charge in [-0.2, -0.15) is 13.2 Å². The van der Waals surface area contributed by atoms with Crippen LogP contribution in [0.2, 0.25) is 0 Å². The molecule has 0 radical (unpaired) electrons. The van der Waals surface area contributed by atoms with Crippen molar-refractivity contribution < 1.29 is 13.2 Å². The lowest BCUT2D eigenvalue weighted by Gasteiger charge is -2.05. The maximum absolute atomic E-state index is 11.9. The van der Waals surface area contributed by atoms with Crippen LogP contribution in [0.15, 0.2) is 12.5 Å². The van der Waals surface area contributed by atoms with Crippen LogP contribution in [-0.2, 0) is 13.1 Å². The summed E-state index contributed by atoms with van der Waals surface area (Å²) < 4.78 is 37.6. The number of nitrogens with one attached hydrogen (secondary N) is 1. The van der Waals surface area contributed by atoms with Crippen molar-refractivity contribution >= 4 is 0 Å². The second kappa shape index (κ2) is 5.08. The lowest BCUT2D eigenvalue weighted by atomic mass is 10.3. The number of halogens is 3. The number of alkyl halides is 3. The zero-order chi connectivity index (χ0) is 12.3. The second-order valence-electron chi connectivity index (χ2n) is 4.48. The molecule has 0 saturated heterocycles. The summed E-state index contributed by atoms with van der Waals surface area (Å²) in [6.45, 7) is 1.08. The number of hydrogen-bond donors (Lipinski definition) is 1. The number of nitrogens with zero attached hydrogens (tertiary/aromatic N) is 2. The zero-order valence-electron chi connectivity index (χ0n) is 9.50. The molecule has 0 amide bonds. The molecule has 1 aromatic heterocycles. The monoisotopic (exact) mass is 247 g/mol. The quantitative estimate of drug-likeness (QED) is 0.837. The van der Waals surface area contributed by atoms with Crippen molar-refractivity contribution in [1.82, 2.24) is 14.9 Å². The van der Waals surface area contributed by atoms with Crippen LogP contribution in [-0.4, -0.2) is 21.8 Å². The lowest BCUT2D eigenvalue weighted by molar-refractivity contribution is -0.135. The fourth-order valence-corrected chi connectivity index (χ4v) is 1.62. The molecule has 3 nitrogen and oxygen atoms in total. The van der Waals surface area contributed by atoms with E-state index in [4.69, 9.17) is 0 Å². The van der Waals surface area contributed by atoms with Gasteiger partial charge < -0.3 is 9.88 Å². The molecule has 1 N–H and O–H groups in total. The molecule has 1 aromatic rings. The summed E-state index contributed by atoms with van der Waals surface area (Å²) in [7, 11) is 0. The summed E-state index contributed by atoms with van der Waals surface area (Å²) in [5.74, 6) is 0. The zero-order valence-corrected chi connectivity index (χ0v) is 9.50. The molecule has 0 unspecified atom stereocenters. The predicted octanol–water partition coefficient (Wildman–Crippen LogP) is 2.48. The van der Waals surface area contributed by atoms with Crippen LogP contribution in [0.25, 0.3) is 0 Å². The molecule has 1 aliphatic carbocycles. The summed E-state index contributed by atoms with van der Waals surface area (Å²) in [5.41, 5.74) is 0.893. The highest BCUT2D eigenvalue weighted by atomic mass is 19.4. The molecule has 0 spiro atoms.